The molecule has 0 saturated carbocycles. The van der Waals surface area contributed by atoms with Gasteiger partial charge in [0.05, 0.1) is 39.9 Å². The molecule has 9 heteroatoms. The number of likely N-dealkylation sites (N-methyl/N-ethyl adjacent to an activating group) is 1. The minimum Gasteiger partial charge on any atom is -0.756 e. The van der Waals surface area contributed by atoms with Crippen molar-refractivity contribution in [1.29, 1.82) is 0 Å². The molecule has 0 fully saturated rings. The van der Waals surface area contributed by atoms with E-state index in [0.29, 0.717) is 17.4 Å². The fraction of sp³-hybridized carbons (Fsp3) is 0.919. The Morgan fingerprint density at radius 3 is 1.63 bits per heavy atom. The molecule has 0 saturated heterocycles. The normalized spacial score (nSPS) is 14.8. The van der Waals surface area contributed by atoms with E-state index in [1.54, 1.807) is 6.08 Å². The number of phosphoric ester groups is 1. The molecule has 0 aromatic carbocycles. The Hall–Kier alpha value is -0.760. The molecular formula is C37H75N2O6P. The Morgan fingerprint density at radius 2 is 1.17 bits per heavy atom. The molecule has 0 aliphatic carbocycles. The summed E-state index contributed by atoms with van der Waals surface area (Å²) < 4.78 is 23.1. The van der Waals surface area contributed by atoms with Crippen LogP contribution in [0.4, 0.5) is 0 Å². The number of hydrogen-bond donors (Lipinski definition) is 2. The van der Waals surface area contributed by atoms with Crippen molar-refractivity contribution >= 4 is 13.7 Å². The molecule has 0 bridgehead atoms. The van der Waals surface area contributed by atoms with Crippen molar-refractivity contribution in [3.63, 3.8) is 0 Å². The summed E-state index contributed by atoms with van der Waals surface area (Å²) in [4.78, 5) is 25.1. The average molecular weight is 675 g/mol. The van der Waals surface area contributed by atoms with E-state index < -0.39 is 20.0 Å². The van der Waals surface area contributed by atoms with Crippen LogP contribution in [0, 0.1) is 0 Å². The van der Waals surface area contributed by atoms with Gasteiger partial charge in [-0.05, 0) is 19.3 Å². The molecule has 0 rings (SSSR count). The second-order valence-electron chi connectivity index (χ2n) is 14.3. The molecule has 0 heterocycles. The van der Waals surface area contributed by atoms with E-state index in [4.69, 9.17) is 9.05 Å². The van der Waals surface area contributed by atoms with E-state index in [1.807, 2.05) is 27.2 Å². The summed E-state index contributed by atoms with van der Waals surface area (Å²) in [5.41, 5.74) is 0. The van der Waals surface area contributed by atoms with Gasteiger partial charge >= 0.3 is 0 Å². The highest BCUT2D eigenvalue weighted by atomic mass is 31.2. The number of aliphatic hydroxyl groups excluding tert-OH is 1. The maximum atomic E-state index is 12.7. The van der Waals surface area contributed by atoms with Crippen molar-refractivity contribution in [2.24, 2.45) is 0 Å². The molecule has 0 radical (unpaired) electrons. The molecule has 0 spiro atoms. The standard InChI is InChI=1S/C37H75N2O6P/c1-6-8-10-12-14-16-18-19-21-22-24-26-28-30-36(40)35(34-45-46(42,43)44-33-32-39(3,4)5)38-37(41)31-29-27-25-23-20-17-15-13-11-9-7-2/h28,30,35-36,40H,6-27,29,31-34H2,1-5H3,(H-,38,41,42,43)/b30-28+. The second-order valence-corrected chi connectivity index (χ2v) is 15.7. The first-order valence-electron chi connectivity index (χ1n) is 19.1. The molecule has 8 nitrogen and oxygen atoms in total. The molecule has 46 heavy (non-hydrogen) atoms. The molecule has 2 N–H and O–H groups in total. The Bertz CT molecular complexity index is 773. The summed E-state index contributed by atoms with van der Waals surface area (Å²) in [5.74, 6) is -0.200. The molecule has 1 amide bonds. The first-order chi connectivity index (χ1) is 22.0. The minimum atomic E-state index is -4.57. The summed E-state index contributed by atoms with van der Waals surface area (Å²) in [6.45, 7) is 4.61. The third-order valence-corrected chi connectivity index (χ3v) is 9.46. The van der Waals surface area contributed by atoms with Crippen LogP contribution in [0.1, 0.15) is 168 Å². The number of hydrogen-bond acceptors (Lipinski definition) is 6. The molecule has 0 aliphatic heterocycles. The first-order valence-corrected chi connectivity index (χ1v) is 20.5. The number of aliphatic hydroxyl groups is 1. The number of carbonyl (C=O) groups is 1. The molecule has 3 unspecified atom stereocenters. The number of nitrogens with one attached hydrogen (secondary N) is 1. The van der Waals surface area contributed by atoms with E-state index in [0.717, 1.165) is 38.5 Å². The first kappa shape index (κ1) is 45.2. The number of phosphoric acid groups is 1. The van der Waals surface area contributed by atoms with Gasteiger partial charge in [0, 0.05) is 6.42 Å². The highest BCUT2D eigenvalue weighted by Gasteiger charge is 2.23. The van der Waals surface area contributed by atoms with Crippen LogP contribution >= 0.6 is 7.82 Å². The van der Waals surface area contributed by atoms with Gasteiger partial charge in [0.15, 0.2) is 0 Å². The van der Waals surface area contributed by atoms with E-state index >= 15 is 0 Å². The zero-order valence-corrected chi connectivity index (χ0v) is 31.7. The van der Waals surface area contributed by atoms with Crippen LogP contribution in [0.2, 0.25) is 0 Å². The van der Waals surface area contributed by atoms with Gasteiger partial charge in [-0.2, -0.15) is 0 Å². The van der Waals surface area contributed by atoms with Crippen LogP contribution < -0.4 is 10.2 Å². The highest BCUT2D eigenvalue weighted by Crippen LogP contribution is 2.38. The van der Waals surface area contributed by atoms with Gasteiger partial charge in [0.2, 0.25) is 5.91 Å². The van der Waals surface area contributed by atoms with Crippen molar-refractivity contribution in [3.8, 4) is 0 Å². The predicted octanol–water partition coefficient (Wildman–Crippen LogP) is 9.00. The van der Waals surface area contributed by atoms with Crippen LogP contribution in [0.3, 0.4) is 0 Å². The van der Waals surface area contributed by atoms with E-state index in [1.165, 1.54) is 109 Å². The van der Waals surface area contributed by atoms with Gasteiger partial charge in [-0.15, -0.1) is 0 Å². The largest absolute Gasteiger partial charge is 0.756 e. The number of unbranched alkanes of at least 4 members (excludes halogenated alkanes) is 21. The fourth-order valence-corrected chi connectivity index (χ4v) is 6.11. The molecule has 274 valence electrons. The Balaban J connectivity index is 4.54. The zero-order valence-electron chi connectivity index (χ0n) is 30.8. The van der Waals surface area contributed by atoms with Crippen molar-refractivity contribution in [1.82, 2.24) is 5.32 Å². The topological polar surface area (TPSA) is 108 Å². The Morgan fingerprint density at radius 1 is 0.739 bits per heavy atom. The van der Waals surface area contributed by atoms with E-state index in [9.17, 15) is 19.4 Å². The van der Waals surface area contributed by atoms with Crippen LogP contribution in [-0.2, 0) is 18.4 Å². The molecule has 0 aromatic rings. The summed E-state index contributed by atoms with van der Waals surface area (Å²) in [5, 5.41) is 13.7. The van der Waals surface area contributed by atoms with Crippen molar-refractivity contribution < 1.29 is 32.9 Å². The SMILES string of the molecule is CCCCCCCCCCCCC/C=C/C(O)C(COP(=O)([O-])OCC[N+](C)(C)C)NC(=O)CCCCCCCCCCCCC. The smallest absolute Gasteiger partial charge is 0.268 e. The number of rotatable bonds is 34. The summed E-state index contributed by atoms with van der Waals surface area (Å²) in [6.07, 6.45) is 31.0. The van der Waals surface area contributed by atoms with Gasteiger partial charge in [0.1, 0.15) is 13.2 Å². The van der Waals surface area contributed by atoms with Crippen LogP contribution in [0.25, 0.3) is 0 Å². The summed E-state index contributed by atoms with van der Waals surface area (Å²) in [7, 11) is 1.26. The van der Waals surface area contributed by atoms with Gasteiger partial charge in [-0.25, -0.2) is 0 Å². The van der Waals surface area contributed by atoms with E-state index in [-0.39, 0.29) is 19.1 Å². The number of quaternary nitrogens is 1. The van der Waals surface area contributed by atoms with Crippen molar-refractivity contribution in [2.45, 2.75) is 180 Å². The maximum Gasteiger partial charge on any atom is 0.268 e. The minimum absolute atomic E-state index is 0.00156. The molecule has 0 aromatic heterocycles. The zero-order chi connectivity index (χ0) is 34.4. The van der Waals surface area contributed by atoms with Gasteiger partial charge in [0.25, 0.3) is 7.82 Å². The average Bonchev–Trinajstić information content (AvgIpc) is 2.99. The van der Waals surface area contributed by atoms with Crippen molar-refractivity contribution in [3.05, 3.63) is 12.2 Å². The van der Waals surface area contributed by atoms with Crippen LogP contribution in [-0.4, -0.2) is 68.5 Å². The van der Waals surface area contributed by atoms with Gasteiger partial charge in [-0.1, -0.05) is 154 Å². The quantitative estimate of drug-likeness (QED) is 0.0305. The second kappa shape index (κ2) is 30.3. The summed E-state index contributed by atoms with van der Waals surface area (Å²) in [6, 6.07) is -0.877. The predicted molar refractivity (Wildman–Crippen MR) is 192 cm³/mol. The van der Waals surface area contributed by atoms with Crippen LogP contribution in [0.15, 0.2) is 12.2 Å². The van der Waals surface area contributed by atoms with Crippen molar-refractivity contribution in [2.75, 3.05) is 40.9 Å². The van der Waals surface area contributed by atoms with Gasteiger partial charge < -0.3 is 28.8 Å². The lowest BCUT2D eigenvalue weighted by molar-refractivity contribution is -0.870. The van der Waals surface area contributed by atoms with Crippen LogP contribution in [0.5, 0.6) is 0 Å². The lowest BCUT2D eigenvalue weighted by Crippen LogP contribution is -2.45. The van der Waals surface area contributed by atoms with Gasteiger partial charge in [-0.3, -0.25) is 9.36 Å². The highest BCUT2D eigenvalue weighted by molar-refractivity contribution is 7.45. The molecule has 3 atom stereocenters. The number of allylic oxidation sites excluding steroid dienone is 1. The number of nitrogens with zero attached hydrogens (tertiary/aromatic N) is 1. The Kier molecular flexibility index (Phi) is 29.8. The monoisotopic (exact) mass is 675 g/mol. The number of carbonyl (C=O) groups excluding carboxylic acids is 1. The Labute approximate surface area is 284 Å². The fourth-order valence-electron chi connectivity index (χ4n) is 5.39. The molecular weight excluding hydrogens is 599 g/mol. The number of amides is 1. The lowest BCUT2D eigenvalue weighted by atomic mass is 10.0. The molecule has 0 aliphatic rings. The third kappa shape index (κ3) is 31.8. The third-order valence-electron chi connectivity index (χ3n) is 8.50. The maximum absolute atomic E-state index is 12.7. The van der Waals surface area contributed by atoms with E-state index in [2.05, 4.69) is 19.2 Å². The lowest BCUT2D eigenvalue weighted by Gasteiger charge is -2.29. The summed E-state index contributed by atoms with van der Waals surface area (Å²) >= 11 is 0.